The van der Waals surface area contributed by atoms with Gasteiger partial charge in [0.1, 0.15) is 5.60 Å². The Morgan fingerprint density at radius 2 is 2.30 bits per heavy atom. The van der Waals surface area contributed by atoms with Gasteiger partial charge < -0.3 is 4.74 Å². The number of thiazole rings is 1. The Morgan fingerprint density at radius 3 is 2.95 bits per heavy atom. The summed E-state index contributed by atoms with van der Waals surface area (Å²) in [6.07, 6.45) is 3.26. The maximum absolute atomic E-state index is 12.3. The summed E-state index contributed by atoms with van der Waals surface area (Å²) < 4.78 is 5.58. The summed E-state index contributed by atoms with van der Waals surface area (Å²) in [5.74, 6) is 0.0274. The molecule has 2 saturated heterocycles. The van der Waals surface area contributed by atoms with Crippen LogP contribution >= 0.6 is 11.3 Å². The van der Waals surface area contributed by atoms with Crippen molar-refractivity contribution in [2.45, 2.75) is 64.3 Å². The number of hydrogen-bond donors (Lipinski definition) is 0. The Balaban J connectivity index is 1.67. The third-order valence-electron chi connectivity index (χ3n) is 4.22. The molecule has 3 rings (SSSR count). The largest absolute Gasteiger partial charge is 0.460 e. The highest BCUT2D eigenvalue weighted by Crippen LogP contribution is 2.43. The Labute approximate surface area is 124 Å². The highest BCUT2D eigenvalue weighted by molar-refractivity contribution is 7.07. The van der Waals surface area contributed by atoms with Gasteiger partial charge in [0, 0.05) is 24.0 Å². The van der Waals surface area contributed by atoms with Gasteiger partial charge in [0.15, 0.2) is 0 Å². The molecule has 2 aliphatic heterocycles. The summed E-state index contributed by atoms with van der Waals surface area (Å²) in [7, 11) is 0. The van der Waals surface area contributed by atoms with Crippen LogP contribution in [0.1, 0.15) is 45.7 Å². The summed E-state index contributed by atoms with van der Waals surface area (Å²) in [6.45, 7) is 6.68. The van der Waals surface area contributed by atoms with Crippen molar-refractivity contribution in [3.63, 3.8) is 0 Å². The lowest BCUT2D eigenvalue weighted by molar-refractivity contribution is -0.161. The molecule has 1 aromatic rings. The Bertz CT molecular complexity index is 481. The molecule has 110 valence electrons. The molecule has 0 N–H and O–H groups in total. The fraction of sp³-hybridized carbons (Fsp3) is 0.733. The fourth-order valence-electron chi connectivity index (χ4n) is 3.48. The van der Waals surface area contributed by atoms with E-state index in [1.807, 2.05) is 26.3 Å². The minimum atomic E-state index is -0.390. The quantitative estimate of drug-likeness (QED) is 0.804. The van der Waals surface area contributed by atoms with Gasteiger partial charge in [0.25, 0.3) is 0 Å². The van der Waals surface area contributed by atoms with Gasteiger partial charge in [0.05, 0.1) is 17.1 Å². The van der Waals surface area contributed by atoms with Crippen LogP contribution in [0.2, 0.25) is 0 Å². The molecule has 4 nitrogen and oxygen atoms in total. The third kappa shape index (κ3) is 2.74. The van der Waals surface area contributed by atoms with Gasteiger partial charge in [-0.05, 0) is 40.0 Å². The van der Waals surface area contributed by atoms with Crippen LogP contribution in [0.4, 0.5) is 0 Å². The minimum Gasteiger partial charge on any atom is -0.460 e. The maximum atomic E-state index is 12.3. The van der Waals surface area contributed by atoms with E-state index in [1.54, 1.807) is 11.3 Å². The van der Waals surface area contributed by atoms with E-state index in [4.69, 9.17) is 4.74 Å². The Morgan fingerprint density at radius 1 is 1.50 bits per heavy atom. The number of aromatic nitrogens is 1. The summed E-state index contributed by atoms with van der Waals surface area (Å²) >= 11 is 1.63. The molecular formula is C15H22N2O2S. The first kappa shape index (κ1) is 14.0. The molecule has 2 fully saturated rings. The molecular weight excluding hydrogens is 272 g/mol. The predicted octanol–water partition coefficient (Wildman–Crippen LogP) is 2.84. The van der Waals surface area contributed by atoms with Crippen LogP contribution in [0.25, 0.3) is 0 Å². The summed E-state index contributed by atoms with van der Waals surface area (Å²) in [4.78, 5) is 19.2. The standard InChI is InChI=1S/C15H22N2O2S/c1-15(2,3)19-14(18)12-6-11-4-5-13(12)17(11)7-10-8-20-9-16-10/h8-9,11-13H,4-7H2,1-3H3. The second-order valence-corrected chi connectivity index (χ2v) is 7.54. The number of ether oxygens (including phenoxy) is 1. The van der Waals surface area contributed by atoms with Crippen LogP contribution in [-0.4, -0.2) is 33.5 Å². The van der Waals surface area contributed by atoms with Crippen LogP contribution in [0.15, 0.2) is 10.9 Å². The normalized spacial score (nSPS) is 29.9. The van der Waals surface area contributed by atoms with E-state index >= 15 is 0 Å². The number of nitrogens with zero attached hydrogens (tertiary/aromatic N) is 2. The third-order valence-corrected chi connectivity index (χ3v) is 4.85. The molecule has 3 atom stereocenters. The van der Waals surface area contributed by atoms with Gasteiger partial charge in [-0.3, -0.25) is 9.69 Å². The summed E-state index contributed by atoms with van der Waals surface area (Å²) in [5, 5.41) is 2.10. The molecule has 2 bridgehead atoms. The van der Waals surface area contributed by atoms with Crippen LogP contribution in [-0.2, 0) is 16.1 Å². The lowest BCUT2D eigenvalue weighted by atomic mass is 9.89. The van der Waals surface area contributed by atoms with Gasteiger partial charge in [-0.1, -0.05) is 0 Å². The molecule has 3 heterocycles. The van der Waals surface area contributed by atoms with E-state index in [-0.39, 0.29) is 11.9 Å². The first-order valence-electron chi connectivity index (χ1n) is 7.30. The highest BCUT2D eigenvalue weighted by Gasteiger charge is 2.50. The number of rotatable bonds is 3. The molecule has 20 heavy (non-hydrogen) atoms. The second kappa shape index (κ2) is 5.11. The monoisotopic (exact) mass is 294 g/mol. The van der Waals surface area contributed by atoms with Crippen molar-refractivity contribution >= 4 is 17.3 Å². The van der Waals surface area contributed by atoms with Gasteiger partial charge in [-0.25, -0.2) is 4.98 Å². The van der Waals surface area contributed by atoms with Gasteiger partial charge in [-0.2, -0.15) is 0 Å². The Hall–Kier alpha value is -0.940. The van der Waals surface area contributed by atoms with Crippen molar-refractivity contribution < 1.29 is 9.53 Å². The smallest absolute Gasteiger partial charge is 0.311 e. The lowest BCUT2D eigenvalue weighted by Gasteiger charge is -2.26. The molecule has 0 aromatic carbocycles. The van der Waals surface area contributed by atoms with Crippen molar-refractivity contribution in [3.8, 4) is 0 Å². The average Bonchev–Trinajstić information content (AvgIpc) is 3.05. The molecule has 5 heteroatoms. The van der Waals surface area contributed by atoms with Crippen LogP contribution in [0.3, 0.4) is 0 Å². The van der Waals surface area contributed by atoms with Gasteiger partial charge >= 0.3 is 5.97 Å². The van der Waals surface area contributed by atoms with Crippen molar-refractivity contribution in [2.24, 2.45) is 5.92 Å². The number of fused-ring (bicyclic) bond motifs is 2. The minimum absolute atomic E-state index is 0.0204. The Kier molecular flexibility index (Phi) is 3.58. The lowest BCUT2D eigenvalue weighted by Crippen LogP contribution is -2.36. The first-order valence-corrected chi connectivity index (χ1v) is 8.24. The molecule has 0 aliphatic carbocycles. The van der Waals surface area contributed by atoms with E-state index in [1.165, 1.54) is 6.42 Å². The SMILES string of the molecule is CC(C)(C)OC(=O)C1CC2CCC1N2Cc1cscn1. The van der Waals surface area contributed by atoms with Crippen LogP contribution in [0, 0.1) is 5.92 Å². The molecule has 0 spiro atoms. The number of carbonyl (C=O) groups is 1. The summed E-state index contributed by atoms with van der Waals surface area (Å²) in [6, 6.07) is 0.871. The van der Waals surface area contributed by atoms with Crippen molar-refractivity contribution in [1.29, 1.82) is 0 Å². The predicted molar refractivity (Wildman–Crippen MR) is 78.4 cm³/mol. The number of hydrogen-bond acceptors (Lipinski definition) is 5. The molecule has 0 radical (unpaired) electrons. The van der Waals surface area contributed by atoms with E-state index in [9.17, 15) is 4.79 Å². The van der Waals surface area contributed by atoms with E-state index < -0.39 is 5.60 Å². The highest BCUT2D eigenvalue weighted by atomic mass is 32.1. The van der Waals surface area contributed by atoms with Gasteiger partial charge in [-0.15, -0.1) is 11.3 Å². The van der Waals surface area contributed by atoms with Crippen molar-refractivity contribution in [3.05, 3.63) is 16.6 Å². The van der Waals surface area contributed by atoms with Crippen LogP contribution in [0.5, 0.6) is 0 Å². The molecule has 2 aliphatic rings. The average molecular weight is 294 g/mol. The topological polar surface area (TPSA) is 42.4 Å². The van der Waals surface area contributed by atoms with E-state index in [2.05, 4.69) is 15.3 Å². The molecule has 1 aromatic heterocycles. The molecule has 0 amide bonds. The van der Waals surface area contributed by atoms with Crippen LogP contribution < -0.4 is 0 Å². The summed E-state index contributed by atoms with van der Waals surface area (Å²) in [5.41, 5.74) is 2.61. The first-order chi connectivity index (χ1) is 9.44. The fourth-order valence-corrected chi connectivity index (χ4v) is 4.03. The van der Waals surface area contributed by atoms with Crippen molar-refractivity contribution in [1.82, 2.24) is 9.88 Å². The van der Waals surface area contributed by atoms with Crippen molar-refractivity contribution in [2.75, 3.05) is 0 Å². The number of carbonyl (C=O) groups excluding carboxylic acids is 1. The second-order valence-electron chi connectivity index (χ2n) is 6.83. The number of esters is 1. The zero-order chi connectivity index (χ0) is 14.3. The zero-order valence-electron chi connectivity index (χ0n) is 12.3. The maximum Gasteiger partial charge on any atom is 0.311 e. The van der Waals surface area contributed by atoms with E-state index in [0.717, 1.165) is 25.1 Å². The van der Waals surface area contributed by atoms with E-state index in [0.29, 0.717) is 12.1 Å². The molecule has 0 saturated carbocycles. The van der Waals surface area contributed by atoms with Gasteiger partial charge in [0.2, 0.25) is 0 Å². The zero-order valence-corrected chi connectivity index (χ0v) is 13.2. The molecule has 3 unspecified atom stereocenters.